The van der Waals surface area contributed by atoms with Crippen molar-refractivity contribution in [2.45, 2.75) is 32.9 Å². The molecular formula is C13H18ClNO2. The number of hydrogen-bond acceptors (Lipinski definition) is 3. The van der Waals surface area contributed by atoms with Crippen LogP contribution >= 0.6 is 11.6 Å². The molecule has 0 bridgehead atoms. The summed E-state index contributed by atoms with van der Waals surface area (Å²) in [7, 11) is 0. The molecule has 4 heteroatoms. The molecular weight excluding hydrogens is 238 g/mol. The maximum Gasteiger partial charge on any atom is 0.320 e. The summed E-state index contributed by atoms with van der Waals surface area (Å²) in [6, 6.07) is 7.63. The van der Waals surface area contributed by atoms with E-state index in [0.717, 1.165) is 5.56 Å². The summed E-state index contributed by atoms with van der Waals surface area (Å²) in [5.74, 6) is -0.242. The zero-order chi connectivity index (χ0) is 12.8. The van der Waals surface area contributed by atoms with E-state index in [2.05, 4.69) is 5.32 Å². The van der Waals surface area contributed by atoms with Crippen LogP contribution in [-0.4, -0.2) is 18.6 Å². The summed E-state index contributed by atoms with van der Waals surface area (Å²) in [5.41, 5.74) is 1.05. The van der Waals surface area contributed by atoms with Gasteiger partial charge in [-0.2, -0.15) is 0 Å². The molecule has 0 aliphatic carbocycles. The van der Waals surface area contributed by atoms with Gasteiger partial charge in [0, 0.05) is 11.1 Å². The highest BCUT2D eigenvalue weighted by Crippen LogP contribution is 2.16. The third kappa shape index (κ3) is 5.20. The Morgan fingerprint density at radius 2 is 2.12 bits per heavy atom. The van der Waals surface area contributed by atoms with Crippen molar-refractivity contribution in [1.29, 1.82) is 0 Å². The number of carbonyl (C=O) groups excluding carboxylic acids is 1. The third-order valence-corrected chi connectivity index (χ3v) is 2.50. The van der Waals surface area contributed by atoms with Gasteiger partial charge < -0.3 is 10.1 Å². The van der Waals surface area contributed by atoms with Crippen LogP contribution in [0.2, 0.25) is 5.02 Å². The van der Waals surface area contributed by atoms with Crippen molar-refractivity contribution in [3.05, 3.63) is 34.9 Å². The van der Waals surface area contributed by atoms with Crippen LogP contribution in [-0.2, 0) is 9.53 Å². The normalized spacial score (nSPS) is 12.5. The fraction of sp³-hybridized carbons (Fsp3) is 0.462. The van der Waals surface area contributed by atoms with E-state index in [9.17, 15) is 4.79 Å². The molecule has 1 rings (SSSR count). The highest BCUT2D eigenvalue weighted by atomic mass is 35.5. The van der Waals surface area contributed by atoms with E-state index in [1.165, 1.54) is 0 Å². The first kappa shape index (κ1) is 14.0. The lowest BCUT2D eigenvalue weighted by Crippen LogP contribution is -2.28. The van der Waals surface area contributed by atoms with Gasteiger partial charge in [-0.25, -0.2) is 0 Å². The van der Waals surface area contributed by atoms with Gasteiger partial charge in [0.25, 0.3) is 0 Å². The van der Waals surface area contributed by atoms with Crippen LogP contribution in [0.3, 0.4) is 0 Å². The van der Waals surface area contributed by atoms with Crippen molar-refractivity contribution in [2.75, 3.05) is 6.54 Å². The molecule has 0 radical (unpaired) electrons. The SMILES string of the molecule is CC(C)OC(=O)CNC(C)c1cccc(Cl)c1. The van der Waals surface area contributed by atoms with Gasteiger partial charge in [0.1, 0.15) is 0 Å². The summed E-state index contributed by atoms with van der Waals surface area (Å²) in [6.45, 7) is 5.84. The summed E-state index contributed by atoms with van der Waals surface area (Å²) >= 11 is 5.90. The lowest BCUT2D eigenvalue weighted by Gasteiger charge is -2.15. The topological polar surface area (TPSA) is 38.3 Å². The molecule has 3 nitrogen and oxygen atoms in total. The molecule has 1 aromatic rings. The first-order chi connectivity index (χ1) is 7.99. The van der Waals surface area contributed by atoms with Gasteiger partial charge in [-0.15, -0.1) is 0 Å². The van der Waals surface area contributed by atoms with Crippen LogP contribution in [0.4, 0.5) is 0 Å². The molecule has 1 aromatic carbocycles. The molecule has 0 aliphatic rings. The quantitative estimate of drug-likeness (QED) is 0.822. The second kappa shape index (κ2) is 6.62. The second-order valence-electron chi connectivity index (χ2n) is 4.20. The summed E-state index contributed by atoms with van der Waals surface area (Å²) in [4.78, 5) is 11.3. The van der Waals surface area contributed by atoms with Gasteiger partial charge in [-0.3, -0.25) is 4.79 Å². The van der Waals surface area contributed by atoms with Crippen LogP contribution in [0.1, 0.15) is 32.4 Å². The first-order valence-electron chi connectivity index (χ1n) is 5.67. The maximum atomic E-state index is 11.3. The fourth-order valence-electron chi connectivity index (χ4n) is 1.43. The molecule has 1 N–H and O–H groups in total. The minimum absolute atomic E-state index is 0.0633. The summed E-state index contributed by atoms with van der Waals surface area (Å²) < 4.78 is 5.03. The van der Waals surface area contributed by atoms with Gasteiger partial charge in [-0.1, -0.05) is 23.7 Å². The Bertz CT molecular complexity index is 379. The maximum absolute atomic E-state index is 11.3. The van der Waals surface area contributed by atoms with E-state index in [1.54, 1.807) is 0 Å². The lowest BCUT2D eigenvalue weighted by atomic mass is 10.1. The number of nitrogens with one attached hydrogen (secondary N) is 1. The number of esters is 1. The lowest BCUT2D eigenvalue weighted by molar-refractivity contribution is -0.146. The third-order valence-electron chi connectivity index (χ3n) is 2.27. The van der Waals surface area contributed by atoms with Gasteiger partial charge in [0.2, 0.25) is 0 Å². The molecule has 0 spiro atoms. The minimum atomic E-state index is -0.242. The molecule has 0 saturated heterocycles. The molecule has 0 amide bonds. The van der Waals surface area contributed by atoms with Crippen molar-refractivity contribution in [2.24, 2.45) is 0 Å². The van der Waals surface area contributed by atoms with Gasteiger partial charge >= 0.3 is 5.97 Å². The molecule has 94 valence electrons. The van der Waals surface area contributed by atoms with Crippen molar-refractivity contribution in [1.82, 2.24) is 5.32 Å². The van der Waals surface area contributed by atoms with Crippen LogP contribution in [0.25, 0.3) is 0 Å². The van der Waals surface area contributed by atoms with Crippen LogP contribution in [0, 0.1) is 0 Å². The fourth-order valence-corrected chi connectivity index (χ4v) is 1.63. The van der Waals surface area contributed by atoms with Crippen LogP contribution in [0.5, 0.6) is 0 Å². The number of hydrogen-bond donors (Lipinski definition) is 1. The Kier molecular flexibility index (Phi) is 5.45. The van der Waals surface area contributed by atoms with E-state index in [-0.39, 0.29) is 24.7 Å². The van der Waals surface area contributed by atoms with E-state index in [0.29, 0.717) is 5.02 Å². The molecule has 0 saturated carbocycles. The molecule has 0 fully saturated rings. The standard InChI is InChI=1S/C13H18ClNO2/c1-9(2)17-13(16)8-15-10(3)11-5-4-6-12(14)7-11/h4-7,9-10,15H,8H2,1-3H3. The Labute approximate surface area is 107 Å². The predicted octanol–water partition coefficient (Wildman–Crippen LogP) is 2.94. The average molecular weight is 256 g/mol. The summed E-state index contributed by atoms with van der Waals surface area (Å²) in [5, 5.41) is 3.79. The molecule has 1 unspecified atom stereocenters. The zero-order valence-corrected chi connectivity index (χ0v) is 11.1. The largest absolute Gasteiger partial charge is 0.462 e. The highest BCUT2D eigenvalue weighted by Gasteiger charge is 2.09. The Morgan fingerprint density at radius 1 is 1.41 bits per heavy atom. The Hall–Kier alpha value is -1.06. The van der Waals surface area contributed by atoms with E-state index in [1.807, 2.05) is 45.0 Å². The van der Waals surface area contributed by atoms with E-state index in [4.69, 9.17) is 16.3 Å². The van der Waals surface area contributed by atoms with Crippen molar-refractivity contribution >= 4 is 17.6 Å². The monoisotopic (exact) mass is 255 g/mol. The zero-order valence-electron chi connectivity index (χ0n) is 10.4. The number of ether oxygens (including phenoxy) is 1. The smallest absolute Gasteiger partial charge is 0.320 e. The van der Waals surface area contributed by atoms with Crippen molar-refractivity contribution in [3.63, 3.8) is 0 Å². The predicted molar refractivity (Wildman–Crippen MR) is 69.1 cm³/mol. The van der Waals surface area contributed by atoms with E-state index >= 15 is 0 Å². The van der Waals surface area contributed by atoms with Gasteiger partial charge in [0.15, 0.2) is 0 Å². The number of rotatable bonds is 5. The molecule has 0 heterocycles. The van der Waals surface area contributed by atoms with E-state index < -0.39 is 0 Å². The minimum Gasteiger partial charge on any atom is -0.462 e. The first-order valence-corrected chi connectivity index (χ1v) is 6.05. The van der Waals surface area contributed by atoms with Crippen molar-refractivity contribution < 1.29 is 9.53 Å². The van der Waals surface area contributed by atoms with Crippen LogP contribution < -0.4 is 5.32 Å². The number of carbonyl (C=O) groups is 1. The second-order valence-corrected chi connectivity index (χ2v) is 4.63. The number of halogens is 1. The summed E-state index contributed by atoms with van der Waals surface area (Å²) in [6.07, 6.45) is -0.0780. The molecule has 17 heavy (non-hydrogen) atoms. The number of benzene rings is 1. The van der Waals surface area contributed by atoms with Gasteiger partial charge in [-0.05, 0) is 38.5 Å². The molecule has 1 atom stereocenters. The Balaban J connectivity index is 2.44. The highest BCUT2D eigenvalue weighted by molar-refractivity contribution is 6.30. The van der Waals surface area contributed by atoms with Crippen molar-refractivity contribution in [3.8, 4) is 0 Å². The molecule has 0 aliphatic heterocycles. The average Bonchev–Trinajstić information content (AvgIpc) is 2.25. The van der Waals surface area contributed by atoms with Crippen LogP contribution in [0.15, 0.2) is 24.3 Å². The molecule has 0 aromatic heterocycles. The Morgan fingerprint density at radius 3 is 2.71 bits per heavy atom. The van der Waals surface area contributed by atoms with Gasteiger partial charge in [0.05, 0.1) is 12.6 Å².